The minimum absolute atomic E-state index is 0.0773. The van der Waals surface area contributed by atoms with Crippen LogP contribution in [0.5, 0.6) is 0 Å². The molecule has 1 heterocycles. The van der Waals surface area contributed by atoms with Gasteiger partial charge in [-0.1, -0.05) is 17.7 Å². The van der Waals surface area contributed by atoms with Crippen LogP contribution in [-0.4, -0.2) is 46.3 Å². The van der Waals surface area contributed by atoms with E-state index in [1.165, 1.54) is 24.3 Å². The Morgan fingerprint density at radius 2 is 1.72 bits per heavy atom. The molecule has 1 aromatic heterocycles. The maximum atomic E-state index is 12.6. The normalized spacial score (nSPS) is 11.8. The molecule has 0 saturated heterocycles. The molecule has 0 aliphatic heterocycles. The van der Waals surface area contributed by atoms with Crippen molar-refractivity contribution in [3.8, 4) is 11.3 Å². The third-order valence-corrected chi connectivity index (χ3v) is 7.11. The Bertz CT molecular complexity index is 1330. The number of carbonyl (C=O) groups excluding carboxylic acids is 1. The number of aromatic nitrogens is 1. The van der Waals surface area contributed by atoms with Crippen LogP contribution in [0.2, 0.25) is 5.02 Å². The molecule has 3 rings (SSSR count). The van der Waals surface area contributed by atoms with Gasteiger partial charge in [-0.3, -0.25) is 9.78 Å². The van der Waals surface area contributed by atoms with Crippen molar-refractivity contribution in [3.63, 3.8) is 0 Å². The van der Waals surface area contributed by atoms with E-state index in [1.54, 1.807) is 36.5 Å². The molecule has 0 saturated carbocycles. The summed E-state index contributed by atoms with van der Waals surface area (Å²) in [5, 5.41) is 3.23. The molecule has 0 atom stereocenters. The van der Waals surface area contributed by atoms with Gasteiger partial charge >= 0.3 is 0 Å². The summed E-state index contributed by atoms with van der Waals surface area (Å²) < 4.78 is 49.1. The van der Waals surface area contributed by atoms with Gasteiger partial charge in [-0.15, -0.1) is 0 Å². The second-order valence-electron chi connectivity index (χ2n) is 6.92. The molecule has 0 aliphatic carbocycles. The molecule has 0 fully saturated rings. The van der Waals surface area contributed by atoms with Crippen LogP contribution in [0.1, 0.15) is 10.4 Å². The lowest BCUT2D eigenvalue weighted by Gasteiger charge is -2.10. The summed E-state index contributed by atoms with van der Waals surface area (Å²) in [6.45, 7) is -0.238. The van der Waals surface area contributed by atoms with E-state index in [1.807, 2.05) is 6.07 Å². The van der Waals surface area contributed by atoms with Gasteiger partial charge in [0.25, 0.3) is 5.91 Å². The Morgan fingerprint density at radius 1 is 1.00 bits per heavy atom. The quantitative estimate of drug-likeness (QED) is 0.497. The highest BCUT2D eigenvalue weighted by Gasteiger charge is 2.16. The fourth-order valence-corrected chi connectivity index (χ4v) is 4.60. The van der Waals surface area contributed by atoms with E-state index in [0.29, 0.717) is 22.0 Å². The molecule has 0 spiro atoms. The number of nitrogens with zero attached hydrogens (tertiary/aromatic N) is 1. The van der Waals surface area contributed by atoms with Gasteiger partial charge in [-0.25, -0.2) is 21.6 Å². The Kier molecular flexibility index (Phi) is 7.29. The Morgan fingerprint density at radius 3 is 2.34 bits per heavy atom. The summed E-state index contributed by atoms with van der Waals surface area (Å²) in [6.07, 6.45) is 2.66. The number of nitrogens with one attached hydrogen (secondary N) is 2. The number of amides is 1. The first kappa shape index (κ1) is 23.9. The standard InChI is InChI=1S/C21H20ClN3O5S2/c1-31(27,28)13-12-24-32(29,30)17-8-5-15(6-9-17)21(26)25-16-7-10-19(22)18(14-16)20-4-2-3-11-23-20/h2-11,14,24H,12-13H2,1H3,(H,25,26). The lowest BCUT2D eigenvalue weighted by molar-refractivity contribution is 0.102. The number of anilines is 1. The van der Waals surface area contributed by atoms with E-state index in [-0.39, 0.29) is 22.8 Å². The van der Waals surface area contributed by atoms with Crippen molar-refractivity contribution < 1.29 is 21.6 Å². The van der Waals surface area contributed by atoms with Gasteiger partial charge in [-0.05, 0) is 54.6 Å². The molecule has 0 radical (unpaired) electrons. The minimum Gasteiger partial charge on any atom is -0.322 e. The summed E-state index contributed by atoms with van der Waals surface area (Å²) in [4.78, 5) is 16.8. The second-order valence-corrected chi connectivity index (χ2v) is 11.3. The lowest BCUT2D eigenvalue weighted by atomic mass is 10.1. The first-order chi connectivity index (χ1) is 15.0. The molecule has 0 aliphatic rings. The van der Waals surface area contributed by atoms with Gasteiger partial charge in [-0.2, -0.15) is 0 Å². The number of rotatable bonds is 8. The second kappa shape index (κ2) is 9.78. The Labute approximate surface area is 191 Å². The van der Waals surface area contributed by atoms with E-state index in [4.69, 9.17) is 11.6 Å². The van der Waals surface area contributed by atoms with Crippen molar-refractivity contribution >= 4 is 43.1 Å². The zero-order chi connectivity index (χ0) is 23.4. The van der Waals surface area contributed by atoms with Crippen LogP contribution >= 0.6 is 11.6 Å². The van der Waals surface area contributed by atoms with Crippen molar-refractivity contribution in [3.05, 3.63) is 77.4 Å². The molecular weight excluding hydrogens is 474 g/mol. The van der Waals surface area contributed by atoms with Crippen LogP contribution in [-0.2, 0) is 19.9 Å². The van der Waals surface area contributed by atoms with Crippen molar-refractivity contribution in [1.29, 1.82) is 0 Å². The van der Waals surface area contributed by atoms with Gasteiger partial charge in [0.1, 0.15) is 9.84 Å². The van der Waals surface area contributed by atoms with E-state index < -0.39 is 25.8 Å². The molecule has 2 aromatic carbocycles. The maximum absolute atomic E-state index is 12.6. The molecule has 11 heteroatoms. The number of benzene rings is 2. The average Bonchev–Trinajstić information content (AvgIpc) is 2.74. The number of sulfonamides is 1. The highest BCUT2D eigenvalue weighted by atomic mass is 35.5. The lowest BCUT2D eigenvalue weighted by Crippen LogP contribution is -2.29. The average molecular weight is 494 g/mol. The predicted molar refractivity (Wildman–Crippen MR) is 124 cm³/mol. The van der Waals surface area contributed by atoms with Crippen LogP contribution in [0.3, 0.4) is 0 Å². The number of pyridine rings is 1. The highest BCUT2D eigenvalue weighted by molar-refractivity contribution is 7.91. The van der Waals surface area contributed by atoms with Crippen LogP contribution < -0.4 is 10.0 Å². The van der Waals surface area contributed by atoms with E-state index in [2.05, 4.69) is 15.0 Å². The Balaban J connectivity index is 1.71. The number of halogens is 1. The fraction of sp³-hybridized carbons (Fsp3) is 0.143. The molecule has 32 heavy (non-hydrogen) atoms. The number of carbonyl (C=O) groups is 1. The zero-order valence-corrected chi connectivity index (χ0v) is 19.3. The molecule has 0 bridgehead atoms. The summed E-state index contributed by atoms with van der Waals surface area (Å²) >= 11 is 6.26. The SMILES string of the molecule is CS(=O)(=O)CCNS(=O)(=O)c1ccc(C(=O)Nc2ccc(Cl)c(-c3ccccn3)c2)cc1. The molecule has 2 N–H and O–H groups in total. The molecule has 3 aromatic rings. The largest absolute Gasteiger partial charge is 0.322 e. The molecular formula is C21H20ClN3O5S2. The monoisotopic (exact) mass is 493 g/mol. The topological polar surface area (TPSA) is 122 Å². The molecule has 1 amide bonds. The van der Waals surface area contributed by atoms with Crippen LogP contribution in [0.15, 0.2) is 71.8 Å². The zero-order valence-electron chi connectivity index (χ0n) is 16.9. The van der Waals surface area contributed by atoms with Gasteiger partial charge in [0.2, 0.25) is 10.0 Å². The highest BCUT2D eigenvalue weighted by Crippen LogP contribution is 2.29. The van der Waals surface area contributed by atoms with E-state index >= 15 is 0 Å². The molecule has 168 valence electrons. The summed E-state index contributed by atoms with van der Waals surface area (Å²) in [7, 11) is -7.19. The molecule has 0 unspecified atom stereocenters. The third kappa shape index (κ3) is 6.36. The van der Waals surface area contributed by atoms with Crippen LogP contribution in [0, 0.1) is 0 Å². The number of hydrogen-bond acceptors (Lipinski definition) is 6. The third-order valence-electron chi connectivity index (χ3n) is 4.36. The van der Waals surface area contributed by atoms with Gasteiger partial charge in [0, 0.05) is 35.8 Å². The van der Waals surface area contributed by atoms with Crippen LogP contribution in [0.4, 0.5) is 5.69 Å². The summed E-state index contributed by atoms with van der Waals surface area (Å²) in [6, 6.07) is 15.7. The van der Waals surface area contributed by atoms with Crippen molar-refractivity contribution in [1.82, 2.24) is 9.71 Å². The molecule has 8 nitrogen and oxygen atoms in total. The maximum Gasteiger partial charge on any atom is 0.255 e. The predicted octanol–water partition coefficient (Wildman–Crippen LogP) is 2.98. The van der Waals surface area contributed by atoms with Gasteiger partial charge in [0.05, 0.1) is 21.4 Å². The summed E-state index contributed by atoms with van der Waals surface area (Å²) in [5.41, 5.74) is 2.06. The first-order valence-electron chi connectivity index (χ1n) is 9.35. The van der Waals surface area contributed by atoms with Crippen LogP contribution in [0.25, 0.3) is 11.3 Å². The number of hydrogen-bond donors (Lipinski definition) is 2. The Hall–Kier alpha value is -2.79. The number of sulfone groups is 1. The van der Waals surface area contributed by atoms with Gasteiger partial charge in [0.15, 0.2) is 0 Å². The van der Waals surface area contributed by atoms with E-state index in [0.717, 1.165) is 6.26 Å². The van der Waals surface area contributed by atoms with E-state index in [9.17, 15) is 21.6 Å². The van der Waals surface area contributed by atoms with Gasteiger partial charge < -0.3 is 5.32 Å². The first-order valence-corrected chi connectivity index (χ1v) is 13.3. The van der Waals surface area contributed by atoms with Crippen molar-refractivity contribution in [2.75, 3.05) is 23.9 Å². The smallest absolute Gasteiger partial charge is 0.255 e. The fourth-order valence-electron chi connectivity index (χ4n) is 2.75. The van der Waals surface area contributed by atoms with Crippen molar-refractivity contribution in [2.24, 2.45) is 0 Å². The van der Waals surface area contributed by atoms with Crippen molar-refractivity contribution in [2.45, 2.75) is 4.90 Å². The summed E-state index contributed by atoms with van der Waals surface area (Å²) in [5.74, 6) is -0.748. The minimum atomic E-state index is -3.89.